The molecule has 19 heteroatoms. The fourth-order valence-corrected chi connectivity index (χ4v) is 14.2. The molecule has 0 amide bonds. The summed E-state index contributed by atoms with van der Waals surface area (Å²) in [7, 11) is -9.92. The molecule has 0 aliphatic rings. The normalized spacial score (nSPS) is 14.0. The summed E-state index contributed by atoms with van der Waals surface area (Å²) in [4.78, 5) is 73.1. The number of carbonyl (C=O) groups is 4. The van der Waals surface area contributed by atoms with Crippen molar-refractivity contribution < 1.29 is 80.2 Å². The van der Waals surface area contributed by atoms with Crippen molar-refractivity contribution in [1.29, 1.82) is 0 Å². The molecule has 0 aromatic heterocycles. The van der Waals surface area contributed by atoms with Crippen LogP contribution in [0.2, 0.25) is 0 Å². The summed E-state index contributed by atoms with van der Waals surface area (Å²) >= 11 is 0. The number of aliphatic hydroxyl groups excluding tert-OH is 1. The van der Waals surface area contributed by atoms with Crippen molar-refractivity contribution in [3.63, 3.8) is 0 Å². The van der Waals surface area contributed by atoms with Crippen molar-refractivity contribution in [1.82, 2.24) is 0 Å². The standard InChI is InChI=1S/C82H160O17P2/c1-72(2)58-50-42-34-26-19-15-11-9-10-12-18-22-31-40-48-56-64-81(86)98-77(68-92-79(84)62-54-46-38-30-21-17-14-13-16-20-27-35-43-51-59-73(3)4)70-96-100(88,89)94-66-76(83)67-95-101(90,91)97-71-78(69-93-80(85)63-55-47-39-33-25-29-37-45-53-61-75(7)8)99-82(87)65-57-49-41-32-24-23-28-36-44-52-60-74(5)6/h72-78,83H,9-71H2,1-8H3,(H,88,89)(H,90,91)/t76-,77-,78-/m1/s1. The van der Waals surface area contributed by atoms with Gasteiger partial charge in [0.15, 0.2) is 12.2 Å². The molecule has 0 spiro atoms. The number of phosphoric ester groups is 2. The van der Waals surface area contributed by atoms with Gasteiger partial charge in [0.1, 0.15) is 19.3 Å². The van der Waals surface area contributed by atoms with E-state index in [1.54, 1.807) is 0 Å². The number of esters is 4. The van der Waals surface area contributed by atoms with Crippen LogP contribution < -0.4 is 0 Å². The number of aliphatic hydroxyl groups is 1. The lowest BCUT2D eigenvalue weighted by Crippen LogP contribution is -2.30. The van der Waals surface area contributed by atoms with Crippen molar-refractivity contribution in [3.8, 4) is 0 Å². The number of unbranched alkanes of at least 4 members (excludes halogenated alkanes) is 45. The van der Waals surface area contributed by atoms with Crippen LogP contribution in [-0.2, 0) is 65.4 Å². The molecule has 0 saturated carbocycles. The average Bonchev–Trinajstić information content (AvgIpc) is 0.985. The molecule has 3 N–H and O–H groups in total. The topological polar surface area (TPSA) is 237 Å². The van der Waals surface area contributed by atoms with Crippen LogP contribution in [0.3, 0.4) is 0 Å². The number of phosphoric acid groups is 2. The van der Waals surface area contributed by atoms with Crippen molar-refractivity contribution in [3.05, 3.63) is 0 Å². The van der Waals surface area contributed by atoms with E-state index in [9.17, 15) is 43.2 Å². The Morgan fingerprint density at radius 1 is 0.248 bits per heavy atom. The van der Waals surface area contributed by atoms with Gasteiger partial charge in [0.05, 0.1) is 26.4 Å². The Bertz CT molecular complexity index is 1970. The molecule has 5 atom stereocenters. The predicted molar refractivity (Wildman–Crippen MR) is 414 cm³/mol. The van der Waals surface area contributed by atoms with Gasteiger partial charge in [-0.15, -0.1) is 0 Å². The van der Waals surface area contributed by atoms with E-state index < -0.39 is 97.5 Å². The highest BCUT2D eigenvalue weighted by atomic mass is 31.2. The van der Waals surface area contributed by atoms with Gasteiger partial charge in [-0.25, -0.2) is 9.13 Å². The first kappa shape index (κ1) is 99.1. The average molecular weight is 1480 g/mol. The largest absolute Gasteiger partial charge is 0.472 e. The predicted octanol–water partition coefficient (Wildman–Crippen LogP) is 24.4. The minimum Gasteiger partial charge on any atom is -0.462 e. The smallest absolute Gasteiger partial charge is 0.462 e. The van der Waals surface area contributed by atoms with Crippen LogP contribution >= 0.6 is 15.6 Å². The van der Waals surface area contributed by atoms with Crippen molar-refractivity contribution in [2.45, 2.75) is 440 Å². The Balaban J connectivity index is 5.26. The summed E-state index contributed by atoms with van der Waals surface area (Å²) in [6, 6.07) is 0. The second-order valence-electron chi connectivity index (χ2n) is 31.4. The Morgan fingerprint density at radius 2 is 0.416 bits per heavy atom. The molecule has 0 aliphatic carbocycles. The van der Waals surface area contributed by atoms with Gasteiger partial charge in [-0.05, 0) is 49.4 Å². The maximum Gasteiger partial charge on any atom is 0.472 e. The molecule has 0 heterocycles. The molecule has 0 aromatic rings. The first-order chi connectivity index (χ1) is 48.6. The maximum atomic E-state index is 13.1. The molecule has 0 radical (unpaired) electrons. The summed E-state index contributed by atoms with van der Waals surface area (Å²) < 4.78 is 68.8. The minimum atomic E-state index is -4.96. The van der Waals surface area contributed by atoms with Gasteiger partial charge in [0.25, 0.3) is 0 Å². The molecule has 0 bridgehead atoms. The Morgan fingerprint density at radius 3 is 0.614 bits per heavy atom. The molecule has 600 valence electrons. The Kier molecular flexibility index (Phi) is 69.6. The Labute approximate surface area is 619 Å². The molecule has 0 saturated heterocycles. The van der Waals surface area contributed by atoms with E-state index in [1.807, 2.05) is 0 Å². The second-order valence-corrected chi connectivity index (χ2v) is 34.3. The lowest BCUT2D eigenvalue weighted by Gasteiger charge is -2.21. The third-order valence-corrected chi connectivity index (χ3v) is 21.0. The number of hydrogen-bond acceptors (Lipinski definition) is 15. The first-order valence-corrected chi connectivity index (χ1v) is 45.2. The number of rotatable bonds is 79. The van der Waals surface area contributed by atoms with Crippen molar-refractivity contribution >= 4 is 39.5 Å². The summed E-state index contributed by atoms with van der Waals surface area (Å²) in [6.07, 6.45) is 58.3. The van der Waals surface area contributed by atoms with Crippen LogP contribution in [0.5, 0.6) is 0 Å². The molecule has 0 fully saturated rings. The van der Waals surface area contributed by atoms with E-state index in [2.05, 4.69) is 55.4 Å². The number of carbonyl (C=O) groups excluding carboxylic acids is 4. The van der Waals surface area contributed by atoms with Gasteiger partial charge in [-0.3, -0.25) is 37.3 Å². The molecule has 101 heavy (non-hydrogen) atoms. The summed E-state index contributed by atoms with van der Waals surface area (Å²) in [6.45, 7) is 14.3. The maximum absolute atomic E-state index is 13.1. The van der Waals surface area contributed by atoms with Crippen LogP contribution in [0.15, 0.2) is 0 Å². The second kappa shape index (κ2) is 71.0. The zero-order valence-corrected chi connectivity index (χ0v) is 68.3. The molecular formula is C82H160O17P2. The molecule has 0 rings (SSSR count). The van der Waals surface area contributed by atoms with E-state index >= 15 is 0 Å². The highest BCUT2D eigenvalue weighted by Crippen LogP contribution is 2.45. The zero-order valence-electron chi connectivity index (χ0n) is 66.5. The molecular weight excluding hydrogens is 1320 g/mol. The monoisotopic (exact) mass is 1480 g/mol. The van der Waals surface area contributed by atoms with Crippen LogP contribution in [-0.4, -0.2) is 96.7 Å². The highest BCUT2D eigenvalue weighted by Gasteiger charge is 2.30. The lowest BCUT2D eigenvalue weighted by molar-refractivity contribution is -0.161. The summed E-state index contributed by atoms with van der Waals surface area (Å²) in [5.41, 5.74) is 0. The van der Waals surface area contributed by atoms with Gasteiger partial charge >= 0.3 is 39.5 Å². The zero-order chi connectivity index (χ0) is 74.6. The fourth-order valence-electron chi connectivity index (χ4n) is 12.6. The van der Waals surface area contributed by atoms with Crippen LogP contribution in [0, 0.1) is 23.7 Å². The van der Waals surface area contributed by atoms with E-state index in [-0.39, 0.29) is 25.7 Å². The van der Waals surface area contributed by atoms with Crippen LogP contribution in [0.1, 0.15) is 421 Å². The quantitative estimate of drug-likeness (QED) is 0.0222. The highest BCUT2D eigenvalue weighted by molar-refractivity contribution is 7.47. The summed E-state index contributed by atoms with van der Waals surface area (Å²) in [5, 5.41) is 10.7. The van der Waals surface area contributed by atoms with Crippen LogP contribution in [0.4, 0.5) is 0 Å². The molecule has 0 aromatic carbocycles. The molecule has 17 nitrogen and oxygen atoms in total. The van der Waals surface area contributed by atoms with Gasteiger partial charge in [0.2, 0.25) is 0 Å². The fraction of sp³-hybridized carbons (Fsp3) is 0.951. The number of hydrogen-bond donors (Lipinski definition) is 3. The first-order valence-electron chi connectivity index (χ1n) is 42.2. The third-order valence-electron chi connectivity index (χ3n) is 19.1. The summed E-state index contributed by atoms with van der Waals surface area (Å²) in [5.74, 6) is 0.992. The third kappa shape index (κ3) is 76.1. The molecule has 0 aliphatic heterocycles. The van der Waals surface area contributed by atoms with Crippen molar-refractivity contribution in [2.24, 2.45) is 23.7 Å². The van der Waals surface area contributed by atoms with Gasteiger partial charge in [0, 0.05) is 25.7 Å². The minimum absolute atomic E-state index is 0.105. The van der Waals surface area contributed by atoms with Gasteiger partial charge in [-0.1, -0.05) is 370 Å². The van der Waals surface area contributed by atoms with E-state index in [0.29, 0.717) is 25.7 Å². The van der Waals surface area contributed by atoms with Crippen molar-refractivity contribution in [2.75, 3.05) is 39.6 Å². The van der Waals surface area contributed by atoms with E-state index in [1.165, 1.54) is 225 Å². The van der Waals surface area contributed by atoms with E-state index in [4.69, 9.17) is 37.0 Å². The number of ether oxygens (including phenoxy) is 4. The van der Waals surface area contributed by atoms with Crippen LogP contribution in [0.25, 0.3) is 0 Å². The SMILES string of the molecule is CC(C)CCCCCCCCCCCCCCCCCCC(=O)O[C@H](COC(=O)CCCCCCCCCCCCCCCCC(C)C)COP(=O)(O)OC[C@@H](O)COP(=O)(O)OC[C@@H](COC(=O)CCCCCCCCCCCC(C)C)OC(=O)CCCCCCCCCCCCC(C)C. The molecule has 2 unspecified atom stereocenters. The van der Waals surface area contributed by atoms with E-state index in [0.717, 1.165) is 114 Å². The van der Waals surface area contributed by atoms with Gasteiger partial charge < -0.3 is 33.8 Å². The lowest BCUT2D eigenvalue weighted by atomic mass is 10.0. The van der Waals surface area contributed by atoms with Gasteiger partial charge in [-0.2, -0.15) is 0 Å². The Hall–Kier alpha value is -1.94.